The Morgan fingerprint density at radius 1 is 0.602 bits per heavy atom. The zero-order valence-corrected chi connectivity index (χ0v) is 50.7. The summed E-state index contributed by atoms with van der Waals surface area (Å²) in [6.45, 7) is 8.80. The van der Waals surface area contributed by atoms with Gasteiger partial charge in [-0.15, -0.1) is 0 Å². The SMILES string of the molecule is CCC(=O)C1OC2(CCC3(C)C4=C(CCC32C)C2(C)CCC(OC3OC(COC5OCC(O)C(O)C5OC5OC(CO)C(O)C(OC6OC(CO)C(O)C(O)C6O)C5OC5OCC(O)(CO)C5O)C(O)C(O)C3O)C(C)(CO)C2CC4)C(C)C1OC(C)=O. The average molecular weight is 1270 g/mol. The summed E-state index contributed by atoms with van der Waals surface area (Å²) < 4.78 is 72.8. The van der Waals surface area contributed by atoms with Gasteiger partial charge in [0.1, 0.15) is 109 Å². The van der Waals surface area contributed by atoms with Crippen LogP contribution in [0.5, 0.6) is 0 Å². The van der Waals surface area contributed by atoms with E-state index in [1.54, 1.807) is 6.92 Å². The molecular weight excluding hydrogens is 1170 g/mol. The second-order valence-corrected chi connectivity index (χ2v) is 27.3. The molecule has 0 amide bonds. The molecule has 8 fully saturated rings. The van der Waals surface area contributed by atoms with Gasteiger partial charge >= 0.3 is 5.97 Å². The molecule has 0 radical (unpaired) electrons. The van der Waals surface area contributed by atoms with Gasteiger partial charge in [0.15, 0.2) is 43.3 Å². The number of carbonyl (C=O) groups excluding carboxylic acids is 2. The number of ether oxygens (including phenoxy) is 12. The third kappa shape index (κ3) is 11.2. The van der Waals surface area contributed by atoms with Gasteiger partial charge in [0, 0.05) is 30.1 Å². The first-order chi connectivity index (χ1) is 41.5. The Hall–Kier alpha value is -2.16. The van der Waals surface area contributed by atoms with Gasteiger partial charge < -0.3 is 133 Å². The first kappa shape index (κ1) is 68.7. The van der Waals surface area contributed by atoms with Crippen molar-refractivity contribution in [2.24, 2.45) is 33.5 Å². The summed E-state index contributed by atoms with van der Waals surface area (Å²) in [5.41, 5.74) is -2.44. The lowest BCUT2D eigenvalue weighted by atomic mass is 9.42. The molecule has 2 saturated carbocycles. The molecule has 29 heteroatoms. The Bertz CT molecular complexity index is 2490. The summed E-state index contributed by atoms with van der Waals surface area (Å²) in [7, 11) is 0. The van der Waals surface area contributed by atoms with Gasteiger partial charge in [-0.25, -0.2) is 0 Å². The number of fused-ring (bicyclic) bond motifs is 5. The normalized spacial score (nSPS) is 53.0. The van der Waals surface area contributed by atoms with Crippen LogP contribution >= 0.6 is 0 Å². The number of Topliss-reactive ketones (excluding diaryl/α,β-unsaturated/α-hetero) is 1. The van der Waals surface area contributed by atoms with Gasteiger partial charge in [0.05, 0.1) is 58.0 Å². The van der Waals surface area contributed by atoms with Gasteiger partial charge in [0.2, 0.25) is 0 Å². The van der Waals surface area contributed by atoms with Gasteiger partial charge in [0.25, 0.3) is 0 Å². The van der Waals surface area contributed by atoms with Crippen LogP contribution in [0.2, 0.25) is 0 Å². The lowest BCUT2D eigenvalue weighted by molar-refractivity contribution is -0.397. The second kappa shape index (κ2) is 25.9. The fourth-order valence-corrected chi connectivity index (χ4v) is 17.2. The molecule has 0 aromatic heterocycles. The maximum Gasteiger partial charge on any atom is 0.303 e. The van der Waals surface area contributed by atoms with E-state index in [2.05, 4.69) is 20.8 Å². The van der Waals surface area contributed by atoms with Crippen LogP contribution in [0.1, 0.15) is 106 Å². The van der Waals surface area contributed by atoms with E-state index in [1.807, 2.05) is 13.8 Å². The van der Waals surface area contributed by atoms with Gasteiger partial charge in [-0.3, -0.25) is 9.59 Å². The molecule has 1 spiro atoms. The van der Waals surface area contributed by atoms with Crippen molar-refractivity contribution >= 4 is 11.8 Å². The minimum absolute atomic E-state index is 0.102. The predicted octanol–water partition coefficient (Wildman–Crippen LogP) is -4.46. The number of allylic oxidation sites excluding steroid dienone is 2. The summed E-state index contributed by atoms with van der Waals surface area (Å²) >= 11 is 0. The molecule has 32 unspecified atom stereocenters. The maximum atomic E-state index is 13.4. The minimum atomic E-state index is -2.28. The Morgan fingerprint density at radius 2 is 1.22 bits per heavy atom. The van der Waals surface area contributed by atoms with E-state index < -0.39 is 220 Å². The summed E-state index contributed by atoms with van der Waals surface area (Å²) in [5.74, 6) is -0.964. The number of ketones is 1. The molecule has 88 heavy (non-hydrogen) atoms. The number of carbonyl (C=O) groups is 2. The Morgan fingerprint density at radius 3 is 1.84 bits per heavy atom. The van der Waals surface area contributed by atoms with Crippen LogP contribution in [0.25, 0.3) is 0 Å². The van der Waals surface area contributed by atoms with Gasteiger partial charge in [-0.05, 0) is 68.1 Å². The minimum Gasteiger partial charge on any atom is -0.459 e. The van der Waals surface area contributed by atoms with Crippen LogP contribution in [-0.4, -0.2) is 293 Å². The molecule has 0 aromatic rings. The van der Waals surface area contributed by atoms with Crippen LogP contribution in [-0.2, 0) is 66.4 Å². The molecule has 6 aliphatic heterocycles. The van der Waals surface area contributed by atoms with Crippen molar-refractivity contribution in [3.8, 4) is 0 Å². The molecule has 29 nitrogen and oxygen atoms in total. The molecule has 4 aliphatic carbocycles. The number of rotatable bonds is 18. The van der Waals surface area contributed by atoms with Crippen LogP contribution < -0.4 is 0 Å². The van der Waals surface area contributed by atoms with E-state index in [1.165, 1.54) is 18.1 Å². The van der Waals surface area contributed by atoms with E-state index >= 15 is 0 Å². The Labute approximate surface area is 509 Å². The van der Waals surface area contributed by atoms with Crippen molar-refractivity contribution in [2.75, 3.05) is 46.2 Å². The zero-order valence-electron chi connectivity index (χ0n) is 50.7. The van der Waals surface area contributed by atoms with E-state index in [9.17, 15) is 86.2 Å². The summed E-state index contributed by atoms with van der Waals surface area (Å²) in [6, 6.07) is 0. The molecule has 0 bridgehead atoms. The molecule has 0 aromatic carbocycles. The van der Waals surface area contributed by atoms with Crippen molar-refractivity contribution in [3.63, 3.8) is 0 Å². The second-order valence-electron chi connectivity index (χ2n) is 27.3. The first-order valence-electron chi connectivity index (χ1n) is 31.0. The fourth-order valence-electron chi connectivity index (χ4n) is 17.2. The summed E-state index contributed by atoms with van der Waals surface area (Å²) in [5, 5.41) is 164. The standard InChI is InChI=1S/C59H94O29/c1-8-28(65)44-43(80-25(3)64)24(2)59(88-44)16-15-56(6)27-9-10-33-54(4,26(27)11-14-57(56,59)7)13-12-34(55(33,5)21-62)84-49-41(73)40(72)37(69)32(83-49)20-78-51-46(35(67)29(66)19-77-51)86-52-47(87-53-48(75)58(76,22-63)23-79-53)45(38(70)31(18-61)82-52)85-50-42(74)39(71)36(68)30(17-60)81-50/h24,29-53,60-63,66-76H,8-23H2,1-7H3. The molecular formula is C59H94O29. The first-order valence-corrected chi connectivity index (χ1v) is 31.0. The highest BCUT2D eigenvalue weighted by atomic mass is 16.8. The number of aliphatic hydroxyl groups excluding tert-OH is 14. The van der Waals surface area contributed by atoms with E-state index in [-0.39, 0.29) is 36.1 Å². The lowest BCUT2D eigenvalue weighted by Crippen LogP contribution is -2.67. The lowest BCUT2D eigenvalue weighted by Gasteiger charge is -2.63. The number of aliphatic hydroxyl groups is 15. The topological polar surface area (TPSA) is 448 Å². The van der Waals surface area contributed by atoms with Gasteiger partial charge in [-0.2, -0.15) is 0 Å². The summed E-state index contributed by atoms with van der Waals surface area (Å²) in [4.78, 5) is 25.9. The van der Waals surface area contributed by atoms with Crippen molar-refractivity contribution in [3.05, 3.63) is 11.1 Å². The Kier molecular flexibility index (Phi) is 20.2. The fraction of sp³-hybridized carbons (Fsp3) is 0.932. The third-order valence-corrected chi connectivity index (χ3v) is 22.7. The van der Waals surface area contributed by atoms with E-state index in [0.29, 0.717) is 32.1 Å². The number of hydrogen-bond donors (Lipinski definition) is 15. The number of hydrogen-bond acceptors (Lipinski definition) is 29. The highest BCUT2D eigenvalue weighted by Gasteiger charge is 2.74. The van der Waals surface area contributed by atoms with E-state index in [0.717, 1.165) is 19.3 Å². The van der Waals surface area contributed by atoms with Crippen LogP contribution in [0.4, 0.5) is 0 Å². The molecule has 15 N–H and O–H groups in total. The quantitative estimate of drug-likeness (QED) is 0.0455. The van der Waals surface area contributed by atoms with Crippen LogP contribution in [0, 0.1) is 33.5 Å². The van der Waals surface area contributed by atoms with Crippen molar-refractivity contribution in [1.82, 2.24) is 0 Å². The predicted molar refractivity (Wildman–Crippen MR) is 292 cm³/mol. The molecule has 10 rings (SSSR count). The monoisotopic (exact) mass is 1270 g/mol. The van der Waals surface area contributed by atoms with Crippen molar-refractivity contribution < 1.29 is 143 Å². The maximum absolute atomic E-state index is 13.4. The Balaban J connectivity index is 0.856. The van der Waals surface area contributed by atoms with Crippen LogP contribution in [0.3, 0.4) is 0 Å². The largest absolute Gasteiger partial charge is 0.459 e. The molecule has 32 atom stereocenters. The summed E-state index contributed by atoms with van der Waals surface area (Å²) in [6.07, 6.45) is -35.4. The van der Waals surface area contributed by atoms with Crippen molar-refractivity contribution in [2.45, 2.75) is 265 Å². The van der Waals surface area contributed by atoms with Gasteiger partial charge in [-0.1, -0.05) is 52.7 Å². The molecule has 10 aliphatic rings. The highest BCUT2D eigenvalue weighted by Crippen LogP contribution is 2.75. The average Bonchev–Trinajstić information content (AvgIpc) is 1.32. The smallest absolute Gasteiger partial charge is 0.303 e. The highest BCUT2D eigenvalue weighted by molar-refractivity contribution is 5.84. The molecule has 504 valence electrons. The van der Waals surface area contributed by atoms with E-state index in [4.69, 9.17) is 56.8 Å². The molecule has 6 heterocycles. The molecule has 6 saturated heterocycles. The number of esters is 1. The zero-order chi connectivity index (χ0) is 64.1. The van der Waals surface area contributed by atoms with Crippen LogP contribution in [0.15, 0.2) is 11.1 Å². The van der Waals surface area contributed by atoms with Crippen molar-refractivity contribution in [1.29, 1.82) is 0 Å². The third-order valence-electron chi connectivity index (χ3n) is 22.7.